The van der Waals surface area contributed by atoms with Crippen LogP contribution in [0.1, 0.15) is 21.7 Å². The maximum absolute atomic E-state index is 12.3. The summed E-state index contributed by atoms with van der Waals surface area (Å²) in [5.74, 6) is 0.981. The maximum Gasteiger partial charge on any atom is 0.255 e. The zero-order valence-electron chi connectivity index (χ0n) is 13.3. The average molecular weight is 300 g/mol. The highest BCUT2D eigenvalue weighted by molar-refractivity contribution is 5.96. The van der Waals surface area contributed by atoms with Crippen LogP contribution in [0.25, 0.3) is 0 Å². The molecule has 0 radical (unpaired) electrons. The fourth-order valence-electron chi connectivity index (χ4n) is 2.01. The Labute approximate surface area is 130 Å². The number of ether oxygens (including phenoxy) is 1. The molecule has 0 fully saturated rings. The minimum absolute atomic E-state index is 0.194. The number of benzene rings is 1. The van der Waals surface area contributed by atoms with Gasteiger partial charge in [0.2, 0.25) is 5.95 Å². The van der Waals surface area contributed by atoms with Crippen molar-refractivity contribution in [1.82, 2.24) is 15.3 Å². The molecule has 0 spiro atoms. The number of para-hydroxylation sites is 1. The van der Waals surface area contributed by atoms with Crippen molar-refractivity contribution in [3.05, 3.63) is 47.3 Å². The summed E-state index contributed by atoms with van der Waals surface area (Å²) >= 11 is 0. The number of aryl methyl sites for hydroxylation is 1. The Morgan fingerprint density at radius 1 is 1.27 bits per heavy atom. The monoisotopic (exact) mass is 300 g/mol. The van der Waals surface area contributed by atoms with Crippen LogP contribution in [0.15, 0.2) is 30.3 Å². The number of carbonyl (C=O) groups is 1. The van der Waals surface area contributed by atoms with E-state index in [0.29, 0.717) is 23.8 Å². The number of hydrogen-bond acceptors (Lipinski definition) is 5. The van der Waals surface area contributed by atoms with Gasteiger partial charge in [-0.15, -0.1) is 0 Å². The fourth-order valence-corrected chi connectivity index (χ4v) is 2.01. The van der Waals surface area contributed by atoms with Crippen molar-refractivity contribution in [3.8, 4) is 5.75 Å². The van der Waals surface area contributed by atoms with Crippen LogP contribution < -0.4 is 15.0 Å². The molecule has 0 aliphatic heterocycles. The Morgan fingerprint density at radius 2 is 2.00 bits per heavy atom. The molecule has 0 unspecified atom stereocenters. The molecular weight excluding hydrogens is 280 g/mol. The van der Waals surface area contributed by atoms with Gasteiger partial charge in [-0.2, -0.15) is 0 Å². The minimum Gasteiger partial charge on any atom is -0.496 e. The van der Waals surface area contributed by atoms with Crippen molar-refractivity contribution >= 4 is 11.9 Å². The van der Waals surface area contributed by atoms with Gasteiger partial charge in [0.25, 0.3) is 5.91 Å². The lowest BCUT2D eigenvalue weighted by Gasteiger charge is -2.13. The number of nitrogens with zero attached hydrogens (tertiary/aromatic N) is 3. The van der Waals surface area contributed by atoms with Crippen LogP contribution in [-0.4, -0.2) is 37.1 Å². The number of amides is 1. The summed E-state index contributed by atoms with van der Waals surface area (Å²) < 4.78 is 5.20. The zero-order valence-corrected chi connectivity index (χ0v) is 13.3. The quantitative estimate of drug-likeness (QED) is 0.912. The molecule has 2 aromatic rings. The van der Waals surface area contributed by atoms with Crippen molar-refractivity contribution in [2.75, 3.05) is 26.1 Å². The smallest absolute Gasteiger partial charge is 0.255 e. The molecule has 6 nitrogen and oxygen atoms in total. The topological polar surface area (TPSA) is 67.3 Å². The third-order valence-corrected chi connectivity index (χ3v) is 3.08. The molecule has 1 aromatic carbocycles. The number of rotatable bonds is 5. The molecule has 0 saturated heterocycles. The number of anilines is 1. The summed E-state index contributed by atoms with van der Waals surface area (Å²) in [5, 5.41) is 2.86. The van der Waals surface area contributed by atoms with Gasteiger partial charge in [-0.1, -0.05) is 12.1 Å². The second-order valence-corrected chi connectivity index (χ2v) is 5.08. The highest BCUT2D eigenvalue weighted by Gasteiger charge is 2.12. The van der Waals surface area contributed by atoms with Crippen LogP contribution >= 0.6 is 0 Å². The summed E-state index contributed by atoms with van der Waals surface area (Å²) in [6.07, 6.45) is 0. The second kappa shape index (κ2) is 6.89. The number of carbonyl (C=O) groups excluding carboxylic acids is 1. The lowest BCUT2D eigenvalue weighted by Crippen LogP contribution is -2.24. The molecule has 0 aliphatic carbocycles. The van der Waals surface area contributed by atoms with Crippen molar-refractivity contribution in [2.45, 2.75) is 13.5 Å². The molecule has 0 saturated carbocycles. The van der Waals surface area contributed by atoms with E-state index in [1.807, 2.05) is 38.1 Å². The summed E-state index contributed by atoms with van der Waals surface area (Å²) in [4.78, 5) is 22.8. The van der Waals surface area contributed by atoms with Crippen LogP contribution in [0, 0.1) is 6.92 Å². The average Bonchev–Trinajstić information content (AvgIpc) is 2.52. The van der Waals surface area contributed by atoms with Crippen LogP contribution in [0.4, 0.5) is 5.95 Å². The van der Waals surface area contributed by atoms with Crippen molar-refractivity contribution < 1.29 is 9.53 Å². The molecular formula is C16H20N4O2. The van der Waals surface area contributed by atoms with Gasteiger partial charge in [0.05, 0.1) is 24.9 Å². The molecule has 0 atom stereocenters. The molecule has 0 aliphatic rings. The molecule has 6 heteroatoms. The lowest BCUT2D eigenvalue weighted by molar-refractivity contribution is 0.0947. The maximum atomic E-state index is 12.3. The molecule has 1 N–H and O–H groups in total. The summed E-state index contributed by atoms with van der Waals surface area (Å²) in [6.45, 7) is 2.24. The molecule has 116 valence electrons. The normalized spacial score (nSPS) is 10.2. The largest absolute Gasteiger partial charge is 0.496 e. The number of hydrogen-bond donors (Lipinski definition) is 1. The van der Waals surface area contributed by atoms with Crippen LogP contribution in [0.3, 0.4) is 0 Å². The Balaban J connectivity index is 2.11. The van der Waals surface area contributed by atoms with Crippen molar-refractivity contribution in [3.63, 3.8) is 0 Å². The van der Waals surface area contributed by atoms with E-state index in [1.165, 1.54) is 0 Å². The van der Waals surface area contributed by atoms with E-state index in [9.17, 15) is 4.79 Å². The lowest BCUT2D eigenvalue weighted by atomic mass is 10.2. The van der Waals surface area contributed by atoms with Crippen molar-refractivity contribution in [1.29, 1.82) is 0 Å². The van der Waals surface area contributed by atoms with Gasteiger partial charge in [-0.05, 0) is 25.1 Å². The van der Waals surface area contributed by atoms with Crippen LogP contribution in [0.2, 0.25) is 0 Å². The van der Waals surface area contributed by atoms with E-state index < -0.39 is 0 Å². The third-order valence-electron chi connectivity index (χ3n) is 3.08. The first-order valence-electron chi connectivity index (χ1n) is 6.94. The Hall–Kier alpha value is -2.63. The molecule has 2 rings (SSSR count). The fraction of sp³-hybridized carbons (Fsp3) is 0.312. The van der Waals surface area contributed by atoms with Gasteiger partial charge in [0.1, 0.15) is 5.75 Å². The highest BCUT2D eigenvalue weighted by Crippen LogP contribution is 2.17. The van der Waals surface area contributed by atoms with Crippen molar-refractivity contribution in [2.24, 2.45) is 0 Å². The number of methoxy groups -OCH3 is 1. The molecule has 1 amide bonds. The number of nitrogens with one attached hydrogen (secondary N) is 1. The van der Waals surface area contributed by atoms with Gasteiger partial charge in [0, 0.05) is 19.8 Å². The van der Waals surface area contributed by atoms with Gasteiger partial charge >= 0.3 is 0 Å². The Bertz CT molecular complexity index is 671. The van der Waals surface area contributed by atoms with E-state index in [1.54, 1.807) is 25.3 Å². The SMILES string of the molecule is COc1ccccc1C(=O)NCc1cc(C)nc(N(C)C)n1. The first-order valence-corrected chi connectivity index (χ1v) is 6.94. The van der Waals surface area contributed by atoms with E-state index in [-0.39, 0.29) is 5.91 Å². The van der Waals surface area contributed by atoms with Crippen LogP contribution in [-0.2, 0) is 6.54 Å². The zero-order chi connectivity index (χ0) is 16.1. The number of aromatic nitrogens is 2. The Morgan fingerprint density at radius 3 is 2.68 bits per heavy atom. The van der Waals surface area contributed by atoms with E-state index in [0.717, 1.165) is 11.4 Å². The predicted molar refractivity (Wildman–Crippen MR) is 85.3 cm³/mol. The Kier molecular flexibility index (Phi) is 4.93. The summed E-state index contributed by atoms with van der Waals surface area (Å²) in [7, 11) is 5.31. The molecule has 22 heavy (non-hydrogen) atoms. The van der Waals surface area contributed by atoms with E-state index in [2.05, 4.69) is 15.3 Å². The first-order chi connectivity index (χ1) is 10.5. The first kappa shape index (κ1) is 15.8. The third kappa shape index (κ3) is 3.72. The predicted octanol–water partition coefficient (Wildman–Crippen LogP) is 1.79. The van der Waals surface area contributed by atoms with Crippen LogP contribution in [0.5, 0.6) is 5.75 Å². The van der Waals surface area contributed by atoms with Gasteiger partial charge < -0.3 is 15.0 Å². The summed E-state index contributed by atoms with van der Waals surface area (Å²) in [6, 6.07) is 8.97. The standard InChI is InChI=1S/C16H20N4O2/c1-11-9-12(19-16(18-11)20(2)3)10-17-15(21)13-7-5-6-8-14(13)22-4/h5-9H,10H2,1-4H3,(H,17,21). The minimum atomic E-state index is -0.194. The van der Waals surface area contributed by atoms with Gasteiger partial charge in [0.15, 0.2) is 0 Å². The summed E-state index contributed by atoms with van der Waals surface area (Å²) in [5.41, 5.74) is 2.13. The van der Waals surface area contributed by atoms with E-state index in [4.69, 9.17) is 4.74 Å². The molecule has 0 bridgehead atoms. The highest BCUT2D eigenvalue weighted by atomic mass is 16.5. The second-order valence-electron chi connectivity index (χ2n) is 5.08. The van der Waals surface area contributed by atoms with E-state index >= 15 is 0 Å². The molecule has 1 aromatic heterocycles. The molecule has 1 heterocycles. The van der Waals surface area contributed by atoms with Gasteiger partial charge in [-0.25, -0.2) is 9.97 Å². The van der Waals surface area contributed by atoms with Gasteiger partial charge in [-0.3, -0.25) is 4.79 Å².